The first kappa shape index (κ1) is 14.0. The van der Waals surface area contributed by atoms with Gasteiger partial charge in [0.25, 0.3) is 0 Å². The first-order chi connectivity index (χ1) is 10.6. The van der Waals surface area contributed by atoms with Crippen molar-refractivity contribution in [3.05, 3.63) is 69.7 Å². The van der Waals surface area contributed by atoms with E-state index >= 15 is 0 Å². The molecule has 112 valence electrons. The number of aromatic nitrogens is 2. The Morgan fingerprint density at radius 2 is 2.18 bits per heavy atom. The molecule has 0 aliphatic rings. The molecule has 6 nitrogen and oxygen atoms in total. The first-order valence-electron chi connectivity index (χ1n) is 6.66. The Morgan fingerprint density at radius 1 is 1.36 bits per heavy atom. The van der Waals surface area contributed by atoms with Crippen LogP contribution in [0.4, 0.5) is 16.0 Å². The number of hydrogen-bond acceptors (Lipinski definition) is 4. The predicted molar refractivity (Wildman–Crippen MR) is 80.3 cm³/mol. The van der Waals surface area contributed by atoms with E-state index in [0.29, 0.717) is 17.8 Å². The van der Waals surface area contributed by atoms with Crippen molar-refractivity contribution in [3.63, 3.8) is 0 Å². The van der Waals surface area contributed by atoms with E-state index in [1.165, 1.54) is 10.5 Å². The monoisotopic (exact) mass is 300 g/mol. The second kappa shape index (κ2) is 5.44. The molecule has 0 spiro atoms. The average Bonchev–Trinajstić information content (AvgIpc) is 2.87. The number of nitrogens with one attached hydrogen (secondary N) is 1. The summed E-state index contributed by atoms with van der Waals surface area (Å²) in [7, 11) is 0. The Kier molecular flexibility index (Phi) is 3.46. The second-order valence-corrected chi connectivity index (χ2v) is 4.91. The number of halogens is 1. The SMILES string of the molecule is Cc1cc(CNc2nc3ccccn3c2[N+](=O)[O-])ccc1F. The van der Waals surface area contributed by atoms with Crippen LogP contribution in [0.2, 0.25) is 0 Å². The molecule has 3 aromatic rings. The summed E-state index contributed by atoms with van der Waals surface area (Å²) in [6.07, 6.45) is 1.59. The zero-order valence-electron chi connectivity index (χ0n) is 11.8. The lowest BCUT2D eigenvalue weighted by atomic mass is 10.1. The molecule has 2 aromatic heterocycles. The van der Waals surface area contributed by atoms with Crippen LogP contribution in [0.1, 0.15) is 11.1 Å². The molecule has 7 heteroatoms. The van der Waals surface area contributed by atoms with Crippen LogP contribution in [0.25, 0.3) is 5.65 Å². The molecule has 0 atom stereocenters. The molecule has 0 bridgehead atoms. The number of hydrogen-bond donors (Lipinski definition) is 1. The lowest BCUT2D eigenvalue weighted by Crippen LogP contribution is -2.03. The summed E-state index contributed by atoms with van der Waals surface area (Å²) in [6.45, 7) is 2.00. The van der Waals surface area contributed by atoms with Crippen molar-refractivity contribution in [1.29, 1.82) is 0 Å². The third-order valence-electron chi connectivity index (χ3n) is 3.36. The molecule has 0 amide bonds. The van der Waals surface area contributed by atoms with Gasteiger partial charge < -0.3 is 15.4 Å². The highest BCUT2D eigenvalue weighted by Gasteiger charge is 2.21. The zero-order chi connectivity index (χ0) is 15.7. The second-order valence-electron chi connectivity index (χ2n) is 4.91. The summed E-state index contributed by atoms with van der Waals surface area (Å²) in [6, 6.07) is 9.87. The molecule has 3 rings (SSSR count). The Labute approximate surface area is 125 Å². The van der Waals surface area contributed by atoms with E-state index in [-0.39, 0.29) is 17.5 Å². The van der Waals surface area contributed by atoms with Gasteiger partial charge in [-0.1, -0.05) is 18.2 Å². The minimum atomic E-state index is -0.474. The number of rotatable bonds is 4. The average molecular weight is 300 g/mol. The molecule has 0 fully saturated rings. The van der Waals surface area contributed by atoms with E-state index in [9.17, 15) is 14.5 Å². The molecule has 1 N–H and O–H groups in total. The van der Waals surface area contributed by atoms with E-state index in [1.54, 1.807) is 43.5 Å². The Bertz CT molecular complexity index is 860. The van der Waals surface area contributed by atoms with Crippen molar-refractivity contribution in [2.45, 2.75) is 13.5 Å². The van der Waals surface area contributed by atoms with Crippen molar-refractivity contribution in [2.75, 3.05) is 5.32 Å². The molecule has 1 aromatic carbocycles. The number of fused-ring (bicyclic) bond motifs is 1. The summed E-state index contributed by atoms with van der Waals surface area (Å²) in [5.41, 5.74) is 1.85. The normalized spacial score (nSPS) is 10.8. The number of anilines is 1. The maximum atomic E-state index is 13.2. The Hall–Kier alpha value is -2.96. The molecular formula is C15H13FN4O2. The minimum Gasteiger partial charge on any atom is -0.359 e. The van der Waals surface area contributed by atoms with Crippen molar-refractivity contribution in [3.8, 4) is 0 Å². The van der Waals surface area contributed by atoms with E-state index in [4.69, 9.17) is 0 Å². The van der Waals surface area contributed by atoms with Crippen LogP contribution in [0, 0.1) is 22.9 Å². The molecule has 0 saturated heterocycles. The Morgan fingerprint density at radius 3 is 2.91 bits per heavy atom. The van der Waals surface area contributed by atoms with Gasteiger partial charge in [0.2, 0.25) is 11.5 Å². The molecule has 22 heavy (non-hydrogen) atoms. The van der Waals surface area contributed by atoms with Crippen LogP contribution in [-0.4, -0.2) is 14.3 Å². The molecule has 0 unspecified atom stereocenters. The van der Waals surface area contributed by atoms with Crippen LogP contribution >= 0.6 is 0 Å². The van der Waals surface area contributed by atoms with Gasteiger partial charge in [-0.05, 0) is 35.1 Å². The van der Waals surface area contributed by atoms with Crippen LogP contribution < -0.4 is 5.32 Å². The zero-order valence-corrected chi connectivity index (χ0v) is 11.8. The summed E-state index contributed by atoms with van der Waals surface area (Å²) in [5.74, 6) is -0.199. The summed E-state index contributed by atoms with van der Waals surface area (Å²) < 4.78 is 14.7. The maximum absolute atomic E-state index is 13.2. The first-order valence-corrected chi connectivity index (χ1v) is 6.66. The van der Waals surface area contributed by atoms with Crippen molar-refractivity contribution >= 4 is 17.3 Å². The van der Waals surface area contributed by atoms with Gasteiger partial charge in [0, 0.05) is 12.6 Å². The lowest BCUT2D eigenvalue weighted by Gasteiger charge is -2.05. The smallest absolute Gasteiger partial charge is 0.359 e. The maximum Gasteiger partial charge on any atom is 0.372 e. The van der Waals surface area contributed by atoms with Crippen molar-refractivity contribution in [1.82, 2.24) is 9.38 Å². The molecule has 0 aliphatic carbocycles. The number of pyridine rings is 1. The summed E-state index contributed by atoms with van der Waals surface area (Å²) in [5, 5.41) is 14.2. The molecule has 2 heterocycles. The third kappa shape index (κ3) is 2.48. The fourth-order valence-electron chi connectivity index (χ4n) is 2.28. The van der Waals surface area contributed by atoms with E-state index in [2.05, 4.69) is 10.3 Å². The van der Waals surface area contributed by atoms with Crippen LogP contribution in [0.15, 0.2) is 42.6 Å². The number of imidazole rings is 1. The van der Waals surface area contributed by atoms with Gasteiger partial charge in [0.15, 0.2) is 0 Å². The van der Waals surface area contributed by atoms with E-state index in [0.717, 1.165) is 5.56 Å². The lowest BCUT2D eigenvalue weighted by molar-refractivity contribution is -0.389. The van der Waals surface area contributed by atoms with Gasteiger partial charge in [-0.2, -0.15) is 9.38 Å². The number of benzene rings is 1. The van der Waals surface area contributed by atoms with Gasteiger partial charge in [-0.15, -0.1) is 0 Å². The van der Waals surface area contributed by atoms with Gasteiger partial charge in [0.1, 0.15) is 5.82 Å². The number of nitrogens with zero attached hydrogens (tertiary/aromatic N) is 3. The topological polar surface area (TPSA) is 72.5 Å². The molecule has 0 aliphatic heterocycles. The molecule has 0 saturated carbocycles. The van der Waals surface area contributed by atoms with Gasteiger partial charge in [-0.3, -0.25) is 0 Å². The predicted octanol–water partition coefficient (Wildman–Crippen LogP) is 3.30. The third-order valence-corrected chi connectivity index (χ3v) is 3.36. The fourth-order valence-corrected chi connectivity index (χ4v) is 2.28. The highest BCUT2D eigenvalue weighted by molar-refractivity contribution is 5.62. The van der Waals surface area contributed by atoms with Gasteiger partial charge in [-0.25, -0.2) is 4.39 Å². The standard InChI is InChI=1S/C15H13FN4O2/c1-10-8-11(5-6-12(10)16)9-17-14-15(20(21)22)19-7-3-2-4-13(19)18-14/h2-8,17H,9H2,1H3. The number of nitro groups is 1. The van der Waals surface area contributed by atoms with Crippen molar-refractivity contribution < 1.29 is 9.31 Å². The Balaban J connectivity index is 1.91. The van der Waals surface area contributed by atoms with Crippen LogP contribution in [0.3, 0.4) is 0 Å². The molecular weight excluding hydrogens is 287 g/mol. The van der Waals surface area contributed by atoms with Gasteiger partial charge in [0.05, 0.1) is 6.20 Å². The highest BCUT2D eigenvalue weighted by Crippen LogP contribution is 2.25. The van der Waals surface area contributed by atoms with Crippen LogP contribution in [0.5, 0.6) is 0 Å². The summed E-state index contributed by atoms with van der Waals surface area (Å²) >= 11 is 0. The van der Waals surface area contributed by atoms with E-state index in [1.807, 2.05) is 0 Å². The quantitative estimate of drug-likeness (QED) is 0.592. The van der Waals surface area contributed by atoms with Crippen LogP contribution in [-0.2, 0) is 6.54 Å². The van der Waals surface area contributed by atoms with E-state index < -0.39 is 4.92 Å². The molecule has 0 radical (unpaired) electrons. The fraction of sp³-hybridized carbons (Fsp3) is 0.133. The van der Waals surface area contributed by atoms with Gasteiger partial charge >= 0.3 is 5.82 Å². The highest BCUT2D eigenvalue weighted by atomic mass is 19.1. The number of aryl methyl sites for hydroxylation is 1. The summed E-state index contributed by atoms with van der Waals surface area (Å²) in [4.78, 5) is 15.0. The largest absolute Gasteiger partial charge is 0.372 e. The minimum absolute atomic E-state index is 0.116. The van der Waals surface area contributed by atoms with Crippen molar-refractivity contribution in [2.24, 2.45) is 0 Å².